The first-order chi connectivity index (χ1) is 8.52. The number of carbonyl (C=O) groups is 1. The molecule has 4 nitrogen and oxygen atoms in total. The lowest BCUT2D eigenvalue weighted by atomic mass is 10.1. The smallest absolute Gasteiger partial charge is 0.244 e. The third-order valence-corrected chi connectivity index (χ3v) is 3.46. The van der Waals surface area contributed by atoms with Gasteiger partial charge in [0.2, 0.25) is 5.91 Å². The molecule has 4 heteroatoms. The minimum atomic E-state index is -0.816. The van der Waals surface area contributed by atoms with Crippen molar-refractivity contribution in [1.29, 1.82) is 5.26 Å². The number of nitrogens with zero attached hydrogens (tertiary/aromatic N) is 1. The molecule has 0 bridgehead atoms. The molecule has 0 saturated heterocycles. The Morgan fingerprint density at radius 3 is 2.50 bits per heavy atom. The fourth-order valence-electron chi connectivity index (χ4n) is 1.81. The topological polar surface area (TPSA) is 62.1 Å². The second-order valence-corrected chi connectivity index (χ2v) is 4.78. The van der Waals surface area contributed by atoms with Crippen LogP contribution in [-0.2, 0) is 4.79 Å². The normalized spacial score (nSPS) is 15.7. The highest BCUT2D eigenvalue weighted by Crippen LogP contribution is 2.46. The summed E-state index contributed by atoms with van der Waals surface area (Å²) >= 11 is 0. The van der Waals surface area contributed by atoms with Gasteiger partial charge >= 0.3 is 0 Å². The van der Waals surface area contributed by atoms with Crippen molar-refractivity contribution in [3.8, 4) is 11.8 Å². The molecule has 1 aromatic carbocycles. The van der Waals surface area contributed by atoms with Gasteiger partial charge in [0.1, 0.15) is 11.2 Å². The van der Waals surface area contributed by atoms with E-state index >= 15 is 0 Å². The Kier molecular flexibility index (Phi) is 3.00. The number of aryl methyl sites for hydroxylation is 2. The molecule has 2 rings (SSSR count). The standard InChI is InChI=1S/C14H16N2O2/c1-9-6-11(12(18-3)7-10(9)2)16-13(17)14(8-15)4-5-14/h6-7H,4-5H2,1-3H3,(H,16,17). The fraction of sp³-hybridized carbons (Fsp3) is 0.429. The minimum absolute atomic E-state index is 0.230. The van der Waals surface area contributed by atoms with Gasteiger partial charge in [-0.1, -0.05) is 0 Å². The van der Waals surface area contributed by atoms with Crippen molar-refractivity contribution in [2.45, 2.75) is 26.7 Å². The number of ether oxygens (including phenoxy) is 1. The van der Waals surface area contributed by atoms with Gasteiger partial charge in [0, 0.05) is 0 Å². The van der Waals surface area contributed by atoms with Gasteiger partial charge < -0.3 is 10.1 Å². The van der Waals surface area contributed by atoms with Crippen molar-refractivity contribution >= 4 is 11.6 Å². The van der Waals surface area contributed by atoms with E-state index in [1.54, 1.807) is 7.11 Å². The van der Waals surface area contributed by atoms with E-state index in [9.17, 15) is 4.79 Å². The van der Waals surface area contributed by atoms with E-state index < -0.39 is 5.41 Å². The number of methoxy groups -OCH3 is 1. The van der Waals surface area contributed by atoms with Crippen LogP contribution in [0, 0.1) is 30.6 Å². The van der Waals surface area contributed by atoms with E-state index in [1.807, 2.05) is 26.0 Å². The van der Waals surface area contributed by atoms with E-state index in [2.05, 4.69) is 11.4 Å². The molecule has 0 unspecified atom stereocenters. The van der Waals surface area contributed by atoms with Crippen LogP contribution in [-0.4, -0.2) is 13.0 Å². The van der Waals surface area contributed by atoms with Gasteiger partial charge in [0.25, 0.3) is 0 Å². The van der Waals surface area contributed by atoms with Gasteiger partial charge in [-0.3, -0.25) is 4.79 Å². The van der Waals surface area contributed by atoms with Crippen LogP contribution in [0.2, 0.25) is 0 Å². The van der Waals surface area contributed by atoms with E-state index in [4.69, 9.17) is 10.00 Å². The summed E-state index contributed by atoms with van der Waals surface area (Å²) < 4.78 is 5.25. The van der Waals surface area contributed by atoms with Crippen molar-refractivity contribution in [2.75, 3.05) is 12.4 Å². The number of nitriles is 1. The zero-order valence-corrected chi connectivity index (χ0v) is 10.8. The molecule has 0 aliphatic heterocycles. The maximum Gasteiger partial charge on any atom is 0.244 e. The molecule has 0 spiro atoms. The minimum Gasteiger partial charge on any atom is -0.495 e. The summed E-state index contributed by atoms with van der Waals surface area (Å²) in [4.78, 5) is 12.0. The second-order valence-electron chi connectivity index (χ2n) is 4.78. The summed E-state index contributed by atoms with van der Waals surface area (Å²) in [7, 11) is 1.57. The van der Waals surface area contributed by atoms with E-state index in [-0.39, 0.29) is 5.91 Å². The lowest BCUT2D eigenvalue weighted by Crippen LogP contribution is -2.23. The van der Waals surface area contributed by atoms with Crippen LogP contribution < -0.4 is 10.1 Å². The van der Waals surface area contributed by atoms with Crippen LogP contribution >= 0.6 is 0 Å². The molecule has 1 saturated carbocycles. The van der Waals surface area contributed by atoms with Crippen LogP contribution in [0.25, 0.3) is 0 Å². The van der Waals surface area contributed by atoms with Crippen molar-refractivity contribution in [1.82, 2.24) is 0 Å². The highest BCUT2D eigenvalue weighted by molar-refractivity contribution is 6.00. The summed E-state index contributed by atoms with van der Waals surface area (Å²) in [6.45, 7) is 3.96. The molecule has 94 valence electrons. The van der Waals surface area contributed by atoms with E-state index in [0.717, 1.165) is 11.1 Å². The number of carbonyl (C=O) groups excluding carboxylic acids is 1. The first-order valence-corrected chi connectivity index (χ1v) is 5.90. The molecule has 1 N–H and O–H groups in total. The molecule has 1 aliphatic rings. The fourth-order valence-corrected chi connectivity index (χ4v) is 1.81. The molecule has 0 atom stereocenters. The molecule has 0 radical (unpaired) electrons. The number of anilines is 1. The molecule has 1 amide bonds. The van der Waals surface area contributed by atoms with Crippen LogP contribution in [0.4, 0.5) is 5.69 Å². The first kappa shape index (κ1) is 12.4. The molecule has 0 aromatic heterocycles. The molecule has 18 heavy (non-hydrogen) atoms. The Balaban J connectivity index is 2.27. The zero-order valence-electron chi connectivity index (χ0n) is 10.8. The third kappa shape index (κ3) is 2.04. The lowest BCUT2D eigenvalue weighted by Gasteiger charge is -2.14. The predicted octanol–water partition coefficient (Wildman–Crippen LogP) is 2.55. The second kappa shape index (κ2) is 4.34. The molecule has 1 fully saturated rings. The molecular weight excluding hydrogens is 228 g/mol. The number of amides is 1. The molecule has 1 aliphatic carbocycles. The summed E-state index contributed by atoms with van der Waals surface area (Å²) in [5.41, 5.74) is 2.00. The zero-order chi connectivity index (χ0) is 13.3. The highest BCUT2D eigenvalue weighted by atomic mass is 16.5. The Morgan fingerprint density at radius 1 is 1.39 bits per heavy atom. The average molecular weight is 244 g/mol. The van der Waals surface area contributed by atoms with E-state index in [1.165, 1.54) is 0 Å². The summed E-state index contributed by atoms with van der Waals surface area (Å²) in [6.07, 6.45) is 1.28. The van der Waals surface area contributed by atoms with Crippen LogP contribution in [0.5, 0.6) is 5.75 Å². The maximum absolute atomic E-state index is 12.0. The SMILES string of the molecule is COc1cc(C)c(C)cc1NC(=O)C1(C#N)CC1. The van der Waals surface area contributed by atoms with Crippen LogP contribution in [0.3, 0.4) is 0 Å². The molecular formula is C14H16N2O2. The van der Waals surface area contributed by atoms with E-state index in [0.29, 0.717) is 24.3 Å². The third-order valence-electron chi connectivity index (χ3n) is 3.46. The quantitative estimate of drug-likeness (QED) is 0.888. The van der Waals surface area contributed by atoms with Crippen molar-refractivity contribution in [3.63, 3.8) is 0 Å². The first-order valence-electron chi connectivity index (χ1n) is 5.90. The van der Waals surface area contributed by atoms with Crippen LogP contribution in [0.1, 0.15) is 24.0 Å². The highest BCUT2D eigenvalue weighted by Gasteiger charge is 2.50. The van der Waals surface area contributed by atoms with Gasteiger partial charge in [-0.15, -0.1) is 0 Å². The van der Waals surface area contributed by atoms with Gasteiger partial charge in [0.15, 0.2) is 0 Å². The number of nitrogens with one attached hydrogen (secondary N) is 1. The van der Waals surface area contributed by atoms with Crippen molar-refractivity contribution < 1.29 is 9.53 Å². The Bertz CT molecular complexity index is 539. The van der Waals surface area contributed by atoms with Crippen molar-refractivity contribution in [3.05, 3.63) is 23.3 Å². The number of benzene rings is 1. The summed E-state index contributed by atoms with van der Waals surface area (Å²) in [5, 5.41) is 11.8. The monoisotopic (exact) mass is 244 g/mol. The van der Waals surface area contributed by atoms with Gasteiger partial charge in [-0.05, 0) is 49.9 Å². The maximum atomic E-state index is 12.0. The van der Waals surface area contributed by atoms with Gasteiger partial charge in [-0.25, -0.2) is 0 Å². The Labute approximate surface area is 107 Å². The molecule has 1 aromatic rings. The summed E-state index contributed by atoms with van der Waals surface area (Å²) in [6, 6.07) is 5.84. The average Bonchev–Trinajstić information content (AvgIpc) is 3.14. The van der Waals surface area contributed by atoms with Gasteiger partial charge in [0.05, 0.1) is 18.9 Å². The van der Waals surface area contributed by atoms with Gasteiger partial charge in [-0.2, -0.15) is 5.26 Å². The molecule has 0 heterocycles. The summed E-state index contributed by atoms with van der Waals surface area (Å²) in [5.74, 6) is 0.395. The number of hydrogen-bond donors (Lipinski definition) is 1. The largest absolute Gasteiger partial charge is 0.495 e. The Morgan fingerprint density at radius 2 is 2.00 bits per heavy atom. The lowest BCUT2D eigenvalue weighted by molar-refractivity contribution is -0.119. The number of rotatable bonds is 3. The van der Waals surface area contributed by atoms with Crippen molar-refractivity contribution in [2.24, 2.45) is 5.41 Å². The number of hydrogen-bond acceptors (Lipinski definition) is 3. The Hall–Kier alpha value is -2.02. The van der Waals surface area contributed by atoms with Crippen LogP contribution in [0.15, 0.2) is 12.1 Å². The predicted molar refractivity (Wildman–Crippen MR) is 68.4 cm³/mol.